The molecule has 0 bridgehead atoms. The maximum atomic E-state index is 10.5. The normalized spacial score (nSPS) is 13.0. The fraction of sp³-hybridized carbons (Fsp3) is 0.370. The van der Waals surface area contributed by atoms with Crippen molar-refractivity contribution in [2.45, 2.75) is 45.9 Å². The van der Waals surface area contributed by atoms with E-state index in [1.165, 1.54) is 0 Å². The van der Waals surface area contributed by atoms with Gasteiger partial charge >= 0.3 is 0 Å². The molecule has 1 aromatic heterocycles. The largest absolute Gasteiger partial charge is 0.439 e. The van der Waals surface area contributed by atoms with Crippen LogP contribution in [0.2, 0.25) is 0 Å². The van der Waals surface area contributed by atoms with E-state index in [4.69, 9.17) is 21.0 Å². The van der Waals surface area contributed by atoms with Crippen LogP contribution in [0.1, 0.15) is 31.5 Å². The Hall–Kier alpha value is -3.11. The second-order valence-corrected chi connectivity index (χ2v) is 8.09. The average Bonchev–Trinajstić information content (AvgIpc) is 3.14. The number of terminal acetylenes is 1. The van der Waals surface area contributed by atoms with Crippen molar-refractivity contribution in [2.75, 3.05) is 19.8 Å². The van der Waals surface area contributed by atoms with Crippen molar-refractivity contribution < 1.29 is 14.6 Å². The zero-order valence-electron chi connectivity index (χ0n) is 19.6. The minimum absolute atomic E-state index is 0.193. The molecule has 3 rings (SSSR count). The predicted molar refractivity (Wildman–Crippen MR) is 131 cm³/mol. The highest BCUT2D eigenvalue weighted by molar-refractivity contribution is 5.43. The summed E-state index contributed by atoms with van der Waals surface area (Å²) in [6, 6.07) is 19.9. The molecule has 0 saturated heterocycles. The molecule has 0 unspecified atom stereocenters. The molecule has 174 valence electrons. The van der Waals surface area contributed by atoms with Crippen molar-refractivity contribution in [3.63, 3.8) is 0 Å². The van der Waals surface area contributed by atoms with Crippen LogP contribution in [0, 0.1) is 19.3 Å². The molecule has 6 heteroatoms. The van der Waals surface area contributed by atoms with E-state index in [9.17, 15) is 5.11 Å². The minimum Gasteiger partial charge on any atom is -0.439 e. The third-order valence-electron chi connectivity index (χ3n) is 5.61. The summed E-state index contributed by atoms with van der Waals surface area (Å²) in [5, 5.41) is 15.3. The van der Waals surface area contributed by atoms with Crippen LogP contribution in [0.5, 0.6) is 11.6 Å². The Labute approximate surface area is 196 Å². The third-order valence-corrected chi connectivity index (χ3v) is 5.61. The summed E-state index contributed by atoms with van der Waals surface area (Å²) in [5.74, 6) is 3.85. The first-order chi connectivity index (χ1) is 16.0. The van der Waals surface area contributed by atoms with Gasteiger partial charge in [-0.15, -0.1) is 6.42 Å². The molecule has 2 aromatic carbocycles. The highest BCUT2D eigenvalue weighted by atomic mass is 16.5. The summed E-state index contributed by atoms with van der Waals surface area (Å²) in [7, 11) is 0. The van der Waals surface area contributed by atoms with Crippen LogP contribution < -0.4 is 4.74 Å². The number of rotatable bonds is 12. The summed E-state index contributed by atoms with van der Waals surface area (Å²) in [6.07, 6.45) is 5.54. The number of aliphatic hydroxyl groups is 1. The number of aryl methyl sites for hydroxylation is 1. The van der Waals surface area contributed by atoms with E-state index in [-0.39, 0.29) is 19.3 Å². The average molecular weight is 448 g/mol. The van der Waals surface area contributed by atoms with Gasteiger partial charge in [0.2, 0.25) is 5.88 Å². The molecule has 0 aliphatic heterocycles. The van der Waals surface area contributed by atoms with Crippen molar-refractivity contribution in [3.8, 4) is 29.7 Å². The lowest BCUT2D eigenvalue weighted by molar-refractivity contribution is 0.0168. The van der Waals surface area contributed by atoms with Gasteiger partial charge in [-0.2, -0.15) is 5.10 Å². The zero-order chi connectivity index (χ0) is 23.6. The van der Waals surface area contributed by atoms with E-state index in [1.54, 1.807) is 0 Å². The number of para-hydroxylation sites is 2. The molecule has 0 aliphatic rings. The Bertz CT molecular complexity index is 1030. The first kappa shape index (κ1) is 24.5. The van der Waals surface area contributed by atoms with Crippen molar-refractivity contribution in [1.82, 2.24) is 14.7 Å². The molecule has 2 atom stereocenters. The third kappa shape index (κ3) is 6.69. The smallest absolute Gasteiger partial charge is 0.227 e. The Morgan fingerprint density at radius 2 is 1.79 bits per heavy atom. The second kappa shape index (κ2) is 12.2. The Morgan fingerprint density at radius 3 is 2.42 bits per heavy atom. The highest BCUT2D eigenvalue weighted by Crippen LogP contribution is 2.32. The zero-order valence-corrected chi connectivity index (χ0v) is 19.6. The summed E-state index contributed by atoms with van der Waals surface area (Å²) in [4.78, 5) is 2.24. The van der Waals surface area contributed by atoms with Gasteiger partial charge < -0.3 is 14.6 Å². The van der Waals surface area contributed by atoms with Gasteiger partial charge in [0.05, 0.1) is 29.7 Å². The van der Waals surface area contributed by atoms with Gasteiger partial charge in [-0.3, -0.25) is 4.90 Å². The molecule has 0 amide bonds. The number of hydrogen-bond donors (Lipinski definition) is 1. The van der Waals surface area contributed by atoms with Gasteiger partial charge in [0.25, 0.3) is 0 Å². The molecule has 6 nitrogen and oxygen atoms in total. The van der Waals surface area contributed by atoms with Crippen molar-refractivity contribution in [2.24, 2.45) is 0 Å². The lowest BCUT2D eigenvalue weighted by Crippen LogP contribution is -2.40. The summed E-state index contributed by atoms with van der Waals surface area (Å²) < 4.78 is 13.6. The SMILES string of the molecule is C#CCOC[C@H](O)CN(Cc1c(C)nn(-c2ccccc2)c1Oc1ccccc1)[C@@H](C)CC. The number of aliphatic hydroxyl groups excluding tert-OH is 1. The number of hydrogen-bond acceptors (Lipinski definition) is 5. The molecule has 0 spiro atoms. The maximum absolute atomic E-state index is 10.5. The molecular formula is C27H33N3O3. The molecule has 0 aliphatic carbocycles. The molecule has 33 heavy (non-hydrogen) atoms. The quantitative estimate of drug-likeness (QED) is 0.325. The maximum Gasteiger partial charge on any atom is 0.227 e. The minimum atomic E-state index is -0.643. The second-order valence-electron chi connectivity index (χ2n) is 8.09. The Morgan fingerprint density at radius 1 is 1.12 bits per heavy atom. The number of ether oxygens (including phenoxy) is 2. The standard InChI is InChI=1S/C27H33N3O3/c1-5-17-32-20-24(31)18-29(21(3)6-2)19-26-22(4)28-30(23-13-9-7-10-14-23)27(26)33-25-15-11-8-12-16-25/h1,7-16,21,24,31H,6,17-20H2,2-4H3/t21-,24+/m0/s1. The van der Waals surface area contributed by atoms with E-state index >= 15 is 0 Å². The van der Waals surface area contributed by atoms with Crippen LogP contribution in [0.15, 0.2) is 60.7 Å². The van der Waals surface area contributed by atoms with Gasteiger partial charge in [0, 0.05) is 19.1 Å². The van der Waals surface area contributed by atoms with Gasteiger partial charge in [-0.25, -0.2) is 4.68 Å². The van der Waals surface area contributed by atoms with E-state index in [2.05, 4.69) is 24.7 Å². The summed E-state index contributed by atoms with van der Waals surface area (Å²) in [5.41, 5.74) is 2.80. The first-order valence-corrected chi connectivity index (χ1v) is 11.3. The van der Waals surface area contributed by atoms with Crippen molar-refractivity contribution >= 4 is 0 Å². The van der Waals surface area contributed by atoms with Gasteiger partial charge in [0.1, 0.15) is 12.4 Å². The van der Waals surface area contributed by atoms with E-state index in [1.807, 2.05) is 72.3 Å². The van der Waals surface area contributed by atoms with Gasteiger partial charge in [-0.05, 0) is 44.5 Å². The van der Waals surface area contributed by atoms with Crippen LogP contribution in [0.25, 0.3) is 5.69 Å². The molecular weight excluding hydrogens is 414 g/mol. The Kier molecular flexibility index (Phi) is 9.08. The number of benzene rings is 2. The van der Waals surface area contributed by atoms with Crippen LogP contribution in [0.4, 0.5) is 0 Å². The summed E-state index contributed by atoms with van der Waals surface area (Å²) >= 11 is 0. The van der Waals surface area contributed by atoms with Gasteiger partial charge in [0.15, 0.2) is 0 Å². The van der Waals surface area contributed by atoms with Crippen molar-refractivity contribution in [1.29, 1.82) is 0 Å². The van der Waals surface area contributed by atoms with Crippen LogP contribution in [0.3, 0.4) is 0 Å². The molecule has 0 saturated carbocycles. The molecule has 3 aromatic rings. The monoisotopic (exact) mass is 447 g/mol. The van der Waals surface area contributed by atoms with Crippen LogP contribution >= 0.6 is 0 Å². The predicted octanol–water partition coefficient (Wildman–Crippen LogP) is 4.58. The number of aromatic nitrogens is 2. The molecule has 0 fully saturated rings. The first-order valence-electron chi connectivity index (χ1n) is 11.3. The van der Waals surface area contributed by atoms with E-state index in [0.29, 0.717) is 19.0 Å². The molecule has 1 heterocycles. The van der Waals surface area contributed by atoms with E-state index < -0.39 is 6.10 Å². The summed E-state index contributed by atoms with van der Waals surface area (Å²) in [6.45, 7) is 7.73. The Balaban J connectivity index is 1.94. The lowest BCUT2D eigenvalue weighted by atomic mass is 10.1. The fourth-order valence-electron chi connectivity index (χ4n) is 3.61. The fourth-order valence-corrected chi connectivity index (χ4v) is 3.61. The van der Waals surface area contributed by atoms with E-state index in [0.717, 1.165) is 29.1 Å². The molecule has 0 radical (unpaired) electrons. The van der Waals surface area contributed by atoms with Gasteiger partial charge in [-0.1, -0.05) is 49.2 Å². The van der Waals surface area contributed by atoms with Crippen LogP contribution in [-0.2, 0) is 11.3 Å². The number of nitrogens with zero attached hydrogens (tertiary/aromatic N) is 3. The topological polar surface area (TPSA) is 59.8 Å². The molecule has 1 N–H and O–H groups in total. The lowest BCUT2D eigenvalue weighted by Gasteiger charge is -2.30. The van der Waals surface area contributed by atoms with Crippen LogP contribution in [-0.4, -0.2) is 51.7 Å². The van der Waals surface area contributed by atoms with Crippen molar-refractivity contribution in [3.05, 3.63) is 71.9 Å². The highest BCUT2D eigenvalue weighted by Gasteiger charge is 2.24.